The van der Waals surface area contributed by atoms with Gasteiger partial charge in [-0.05, 0) is 37.8 Å². The van der Waals surface area contributed by atoms with Crippen LogP contribution in [0.4, 0.5) is 0 Å². The molecule has 0 aromatic heterocycles. The van der Waals surface area contributed by atoms with E-state index in [1.807, 2.05) is 0 Å². The highest BCUT2D eigenvalue weighted by atomic mass is 14.9. The second-order valence-electron chi connectivity index (χ2n) is 5.13. The molecular formula is C15H23N. The van der Waals surface area contributed by atoms with Crippen molar-refractivity contribution in [3.05, 3.63) is 35.9 Å². The summed E-state index contributed by atoms with van der Waals surface area (Å²) in [6, 6.07) is 11.3. The average molecular weight is 217 g/mol. The lowest BCUT2D eigenvalue weighted by molar-refractivity contribution is 0.288. The van der Waals surface area contributed by atoms with Crippen LogP contribution in [0.1, 0.15) is 38.2 Å². The normalized spacial score (nSPS) is 18.1. The Labute approximate surface area is 99.3 Å². The molecule has 16 heavy (non-hydrogen) atoms. The Balaban J connectivity index is 1.62. The van der Waals surface area contributed by atoms with Crippen LogP contribution >= 0.6 is 0 Å². The van der Waals surface area contributed by atoms with Gasteiger partial charge in [-0.15, -0.1) is 0 Å². The van der Waals surface area contributed by atoms with Crippen LogP contribution in [-0.4, -0.2) is 12.6 Å². The predicted octanol–water partition coefficient (Wildman–Crippen LogP) is 3.40. The third-order valence-electron chi connectivity index (χ3n) is 3.65. The van der Waals surface area contributed by atoms with Crippen LogP contribution in [0, 0.1) is 5.92 Å². The molecule has 0 saturated heterocycles. The maximum Gasteiger partial charge on any atom is 0.00791 e. The van der Waals surface area contributed by atoms with Gasteiger partial charge >= 0.3 is 0 Å². The van der Waals surface area contributed by atoms with Crippen LogP contribution in [0.15, 0.2) is 30.3 Å². The average Bonchev–Trinajstić information content (AvgIpc) is 2.23. The van der Waals surface area contributed by atoms with E-state index in [1.54, 1.807) is 0 Å². The lowest BCUT2D eigenvalue weighted by Crippen LogP contribution is -2.30. The summed E-state index contributed by atoms with van der Waals surface area (Å²) < 4.78 is 0. The van der Waals surface area contributed by atoms with Gasteiger partial charge < -0.3 is 5.32 Å². The van der Waals surface area contributed by atoms with E-state index in [-0.39, 0.29) is 0 Å². The lowest BCUT2D eigenvalue weighted by atomic mass is 9.83. The van der Waals surface area contributed by atoms with E-state index >= 15 is 0 Å². The number of nitrogens with one attached hydrogen (secondary N) is 1. The molecule has 0 aliphatic heterocycles. The SMILES string of the molecule is CC(Cc1ccccc1)NCCC1CCC1. The molecule has 0 heterocycles. The molecule has 0 radical (unpaired) electrons. The molecule has 88 valence electrons. The Morgan fingerprint density at radius 2 is 2.00 bits per heavy atom. The topological polar surface area (TPSA) is 12.0 Å². The van der Waals surface area contributed by atoms with E-state index in [0.717, 1.165) is 12.3 Å². The molecule has 1 nitrogen and oxygen atoms in total. The molecule has 1 atom stereocenters. The first-order chi connectivity index (χ1) is 7.84. The molecule has 0 amide bonds. The predicted molar refractivity (Wildman–Crippen MR) is 69.6 cm³/mol. The van der Waals surface area contributed by atoms with E-state index in [1.165, 1.54) is 37.8 Å². The molecule has 1 saturated carbocycles. The van der Waals surface area contributed by atoms with Crippen molar-refractivity contribution in [1.82, 2.24) is 5.32 Å². The smallest absolute Gasteiger partial charge is 0.00791 e. The summed E-state index contributed by atoms with van der Waals surface area (Å²) in [6.45, 7) is 3.48. The van der Waals surface area contributed by atoms with Crippen molar-refractivity contribution < 1.29 is 0 Å². The van der Waals surface area contributed by atoms with Gasteiger partial charge in [0.1, 0.15) is 0 Å². The first kappa shape index (κ1) is 11.7. The summed E-state index contributed by atoms with van der Waals surface area (Å²) in [7, 11) is 0. The number of hydrogen-bond donors (Lipinski definition) is 1. The Bertz CT molecular complexity index is 290. The van der Waals surface area contributed by atoms with Crippen LogP contribution in [0.25, 0.3) is 0 Å². The van der Waals surface area contributed by atoms with Gasteiger partial charge in [-0.1, -0.05) is 49.6 Å². The second kappa shape index (κ2) is 6.05. The molecule has 1 N–H and O–H groups in total. The molecule has 0 bridgehead atoms. The third-order valence-corrected chi connectivity index (χ3v) is 3.65. The second-order valence-corrected chi connectivity index (χ2v) is 5.13. The number of rotatable bonds is 6. The Hall–Kier alpha value is -0.820. The van der Waals surface area contributed by atoms with Crippen molar-refractivity contribution in [3.8, 4) is 0 Å². The van der Waals surface area contributed by atoms with E-state index in [2.05, 4.69) is 42.6 Å². The molecular weight excluding hydrogens is 194 g/mol. The van der Waals surface area contributed by atoms with Gasteiger partial charge in [0.2, 0.25) is 0 Å². The van der Waals surface area contributed by atoms with Crippen LogP contribution in [0.3, 0.4) is 0 Å². The molecule has 1 fully saturated rings. The summed E-state index contributed by atoms with van der Waals surface area (Å²) >= 11 is 0. The lowest BCUT2D eigenvalue weighted by Gasteiger charge is -2.26. The highest BCUT2D eigenvalue weighted by molar-refractivity contribution is 5.15. The summed E-state index contributed by atoms with van der Waals surface area (Å²) in [5.74, 6) is 1.02. The van der Waals surface area contributed by atoms with Gasteiger partial charge in [-0.25, -0.2) is 0 Å². The monoisotopic (exact) mass is 217 g/mol. The zero-order chi connectivity index (χ0) is 11.2. The Morgan fingerprint density at radius 3 is 2.62 bits per heavy atom. The Kier molecular flexibility index (Phi) is 4.41. The molecule has 1 aliphatic rings. The fourth-order valence-corrected chi connectivity index (χ4v) is 2.36. The van der Waals surface area contributed by atoms with Crippen LogP contribution in [0.5, 0.6) is 0 Å². The largest absolute Gasteiger partial charge is 0.314 e. The minimum Gasteiger partial charge on any atom is -0.314 e. The zero-order valence-electron chi connectivity index (χ0n) is 10.3. The van der Waals surface area contributed by atoms with Crippen molar-refractivity contribution in [2.45, 2.75) is 45.1 Å². The van der Waals surface area contributed by atoms with Gasteiger partial charge in [-0.3, -0.25) is 0 Å². The summed E-state index contributed by atoms with van der Waals surface area (Å²) in [6.07, 6.45) is 6.92. The summed E-state index contributed by atoms with van der Waals surface area (Å²) in [4.78, 5) is 0. The zero-order valence-corrected chi connectivity index (χ0v) is 10.3. The van der Waals surface area contributed by atoms with E-state index in [4.69, 9.17) is 0 Å². The van der Waals surface area contributed by atoms with Crippen molar-refractivity contribution in [1.29, 1.82) is 0 Å². The minimum absolute atomic E-state index is 0.600. The highest BCUT2D eigenvalue weighted by Gasteiger charge is 2.16. The highest BCUT2D eigenvalue weighted by Crippen LogP contribution is 2.28. The molecule has 2 rings (SSSR count). The minimum atomic E-state index is 0.600. The molecule has 1 aromatic carbocycles. The van der Waals surface area contributed by atoms with Gasteiger partial charge in [0.15, 0.2) is 0 Å². The third kappa shape index (κ3) is 3.64. The number of hydrogen-bond acceptors (Lipinski definition) is 1. The van der Waals surface area contributed by atoms with Crippen molar-refractivity contribution >= 4 is 0 Å². The molecule has 0 spiro atoms. The van der Waals surface area contributed by atoms with Crippen LogP contribution in [0.2, 0.25) is 0 Å². The van der Waals surface area contributed by atoms with Crippen molar-refractivity contribution in [2.24, 2.45) is 5.92 Å². The summed E-state index contributed by atoms with van der Waals surface area (Å²) in [5, 5.41) is 3.63. The van der Waals surface area contributed by atoms with Crippen LogP contribution < -0.4 is 5.32 Å². The van der Waals surface area contributed by atoms with Gasteiger partial charge in [0, 0.05) is 6.04 Å². The van der Waals surface area contributed by atoms with E-state index < -0.39 is 0 Å². The molecule has 1 aliphatic carbocycles. The molecule has 1 unspecified atom stereocenters. The quantitative estimate of drug-likeness (QED) is 0.770. The first-order valence-electron chi connectivity index (χ1n) is 6.62. The van der Waals surface area contributed by atoms with Crippen molar-refractivity contribution in [3.63, 3.8) is 0 Å². The number of benzene rings is 1. The molecule has 1 heteroatoms. The first-order valence-corrected chi connectivity index (χ1v) is 6.62. The van der Waals surface area contributed by atoms with Gasteiger partial charge in [0.05, 0.1) is 0 Å². The Morgan fingerprint density at radius 1 is 1.25 bits per heavy atom. The summed E-state index contributed by atoms with van der Waals surface area (Å²) in [5.41, 5.74) is 1.44. The molecule has 1 aromatic rings. The van der Waals surface area contributed by atoms with E-state index in [9.17, 15) is 0 Å². The fourth-order valence-electron chi connectivity index (χ4n) is 2.36. The standard InChI is InChI=1S/C15H23N/c1-13(12-15-6-3-2-4-7-15)16-11-10-14-8-5-9-14/h2-4,6-7,13-14,16H,5,8-12H2,1H3. The van der Waals surface area contributed by atoms with E-state index in [0.29, 0.717) is 6.04 Å². The maximum atomic E-state index is 3.63. The maximum absolute atomic E-state index is 3.63. The fraction of sp³-hybridized carbons (Fsp3) is 0.600. The van der Waals surface area contributed by atoms with Crippen LogP contribution in [-0.2, 0) is 6.42 Å². The van der Waals surface area contributed by atoms with Gasteiger partial charge in [-0.2, -0.15) is 0 Å². The van der Waals surface area contributed by atoms with Crippen molar-refractivity contribution in [2.75, 3.05) is 6.54 Å². The van der Waals surface area contributed by atoms with Gasteiger partial charge in [0.25, 0.3) is 0 Å².